The molecular weight excluding hydrogens is 384 g/mol. The van der Waals surface area contributed by atoms with E-state index in [1.165, 1.54) is 24.6 Å². The third kappa shape index (κ3) is 3.84. The number of fused-ring (bicyclic) bond motifs is 1. The van der Waals surface area contributed by atoms with Crippen molar-refractivity contribution in [1.29, 1.82) is 0 Å². The van der Waals surface area contributed by atoms with Gasteiger partial charge in [0.2, 0.25) is 6.79 Å². The first-order valence-electron chi connectivity index (χ1n) is 8.29. The molecule has 3 aromatic rings. The molecule has 0 fully saturated rings. The summed E-state index contributed by atoms with van der Waals surface area (Å²) in [5, 5.41) is 7.91. The van der Waals surface area contributed by atoms with E-state index in [1.54, 1.807) is 12.1 Å². The molecule has 1 aliphatic heterocycles. The minimum Gasteiger partial charge on any atom is -0.454 e. The molecule has 0 saturated carbocycles. The molecule has 1 aromatic heterocycles. The van der Waals surface area contributed by atoms with Crippen LogP contribution >= 0.6 is 0 Å². The predicted octanol–water partition coefficient (Wildman–Crippen LogP) is 3.02. The first-order chi connectivity index (χ1) is 13.5. The topological polar surface area (TPSA) is 100 Å². The van der Waals surface area contributed by atoms with Crippen LogP contribution in [0.5, 0.6) is 11.5 Å². The molecule has 0 radical (unpaired) electrons. The summed E-state index contributed by atoms with van der Waals surface area (Å²) in [6.07, 6.45) is 4.09. The van der Waals surface area contributed by atoms with Gasteiger partial charge in [0.15, 0.2) is 21.3 Å². The number of hydrogen-bond donors (Lipinski definition) is 0. The third-order valence-corrected chi connectivity index (χ3v) is 5.22. The monoisotopic (exact) mass is 400 g/mol. The minimum absolute atomic E-state index is 0.221. The average molecular weight is 400 g/mol. The first kappa shape index (κ1) is 18.1. The van der Waals surface area contributed by atoms with Gasteiger partial charge in [-0.2, -0.15) is 0 Å². The number of hydrogen-bond acceptors (Lipinski definition) is 8. The molecule has 0 atom stereocenters. The number of sulfone groups is 1. The van der Waals surface area contributed by atoms with Gasteiger partial charge < -0.3 is 18.8 Å². The number of aromatic nitrogens is 1. The molecule has 0 saturated heterocycles. The maximum atomic E-state index is 11.6. The molecule has 4 rings (SSSR count). The normalized spacial score (nSPS) is 13.2. The second kappa shape index (κ2) is 7.35. The van der Waals surface area contributed by atoms with Gasteiger partial charge in [0, 0.05) is 11.8 Å². The van der Waals surface area contributed by atoms with Crippen molar-refractivity contribution in [3.8, 4) is 22.8 Å². The van der Waals surface area contributed by atoms with E-state index in [0.717, 1.165) is 11.8 Å². The highest BCUT2D eigenvalue weighted by molar-refractivity contribution is 7.90. The summed E-state index contributed by atoms with van der Waals surface area (Å²) in [6, 6.07) is 11.9. The van der Waals surface area contributed by atoms with Crippen LogP contribution in [0.4, 0.5) is 0 Å². The first-order valence-corrected chi connectivity index (χ1v) is 10.2. The summed E-state index contributed by atoms with van der Waals surface area (Å²) < 4.78 is 38.7. The second-order valence-corrected chi connectivity index (χ2v) is 8.13. The zero-order valence-electron chi connectivity index (χ0n) is 14.9. The third-order valence-electron chi connectivity index (χ3n) is 4.09. The number of benzene rings is 2. The van der Waals surface area contributed by atoms with Crippen molar-refractivity contribution in [3.05, 3.63) is 59.9 Å². The molecule has 2 aromatic carbocycles. The quantitative estimate of drug-likeness (QED) is 0.463. The van der Waals surface area contributed by atoms with Gasteiger partial charge in [-0.3, -0.25) is 0 Å². The molecule has 2 heterocycles. The van der Waals surface area contributed by atoms with Gasteiger partial charge in [0.05, 0.1) is 16.7 Å². The Hall–Kier alpha value is -3.33. The lowest BCUT2D eigenvalue weighted by Crippen LogP contribution is -1.96. The molecule has 0 amide bonds. The van der Waals surface area contributed by atoms with Crippen LogP contribution in [0, 0.1) is 0 Å². The van der Waals surface area contributed by atoms with Crippen LogP contribution in [-0.2, 0) is 21.3 Å². The van der Waals surface area contributed by atoms with E-state index in [0.29, 0.717) is 28.3 Å². The predicted molar refractivity (Wildman–Crippen MR) is 100.0 cm³/mol. The Morgan fingerprint density at radius 3 is 2.71 bits per heavy atom. The Morgan fingerprint density at radius 2 is 1.93 bits per heavy atom. The average Bonchev–Trinajstić information content (AvgIpc) is 3.33. The Balaban J connectivity index is 1.43. The van der Waals surface area contributed by atoms with E-state index >= 15 is 0 Å². The van der Waals surface area contributed by atoms with E-state index in [1.807, 2.05) is 18.2 Å². The number of nitrogens with zero attached hydrogens (tertiary/aromatic N) is 2. The van der Waals surface area contributed by atoms with Gasteiger partial charge in [0.25, 0.3) is 0 Å². The van der Waals surface area contributed by atoms with Crippen molar-refractivity contribution in [2.24, 2.45) is 5.16 Å². The standard InChI is InChI=1S/C19H16N2O6S/c1-28(22,23)16-5-3-14(4-6-16)19-15(11-27-21-19)9-20-26-10-13-2-7-17-18(8-13)25-12-24-17/h2-9,11H,10,12H2,1H3/b20-9-. The molecule has 0 bridgehead atoms. The van der Waals surface area contributed by atoms with E-state index in [9.17, 15) is 8.42 Å². The summed E-state index contributed by atoms with van der Waals surface area (Å²) in [5.74, 6) is 1.40. The molecular formula is C19H16N2O6S. The van der Waals surface area contributed by atoms with Crippen LogP contribution in [0.15, 0.2) is 63.3 Å². The molecule has 0 N–H and O–H groups in total. The molecule has 8 nitrogen and oxygen atoms in total. The largest absolute Gasteiger partial charge is 0.454 e. The van der Waals surface area contributed by atoms with Crippen LogP contribution < -0.4 is 9.47 Å². The van der Waals surface area contributed by atoms with Crippen molar-refractivity contribution in [2.75, 3.05) is 13.0 Å². The van der Waals surface area contributed by atoms with E-state index in [-0.39, 0.29) is 18.3 Å². The van der Waals surface area contributed by atoms with Gasteiger partial charge in [0.1, 0.15) is 18.6 Å². The van der Waals surface area contributed by atoms with Crippen LogP contribution in [0.2, 0.25) is 0 Å². The minimum atomic E-state index is -3.25. The van der Waals surface area contributed by atoms with Crippen LogP contribution in [0.1, 0.15) is 11.1 Å². The fourth-order valence-electron chi connectivity index (χ4n) is 2.65. The number of rotatable bonds is 6. The summed E-state index contributed by atoms with van der Waals surface area (Å²) in [6.45, 7) is 0.482. The van der Waals surface area contributed by atoms with Crippen molar-refractivity contribution in [2.45, 2.75) is 11.5 Å². The summed E-state index contributed by atoms with van der Waals surface area (Å²) >= 11 is 0. The van der Waals surface area contributed by atoms with Crippen molar-refractivity contribution < 1.29 is 27.3 Å². The van der Waals surface area contributed by atoms with E-state index < -0.39 is 9.84 Å². The lowest BCUT2D eigenvalue weighted by molar-refractivity contribution is 0.132. The molecule has 0 aliphatic carbocycles. The molecule has 9 heteroatoms. The Morgan fingerprint density at radius 1 is 1.14 bits per heavy atom. The summed E-state index contributed by atoms with van der Waals surface area (Å²) in [7, 11) is -3.25. The smallest absolute Gasteiger partial charge is 0.231 e. The summed E-state index contributed by atoms with van der Waals surface area (Å²) in [5.41, 5.74) is 2.75. The van der Waals surface area contributed by atoms with Crippen molar-refractivity contribution >= 4 is 16.1 Å². The highest BCUT2D eigenvalue weighted by atomic mass is 32.2. The summed E-state index contributed by atoms with van der Waals surface area (Å²) in [4.78, 5) is 5.57. The van der Waals surface area contributed by atoms with Crippen LogP contribution in [0.25, 0.3) is 11.3 Å². The molecule has 1 aliphatic rings. The number of ether oxygens (including phenoxy) is 2. The Kier molecular flexibility index (Phi) is 4.74. The molecule has 0 spiro atoms. The maximum absolute atomic E-state index is 11.6. The van der Waals surface area contributed by atoms with Gasteiger partial charge >= 0.3 is 0 Å². The SMILES string of the molecule is CS(=O)(=O)c1ccc(-c2nocc2/C=N\OCc2ccc3c(c2)OCO3)cc1. The fraction of sp³-hybridized carbons (Fsp3) is 0.158. The van der Waals surface area contributed by atoms with Gasteiger partial charge in [-0.25, -0.2) is 8.42 Å². The molecule has 0 unspecified atom stereocenters. The van der Waals surface area contributed by atoms with Gasteiger partial charge in [-0.1, -0.05) is 28.5 Å². The van der Waals surface area contributed by atoms with Crippen molar-refractivity contribution in [1.82, 2.24) is 5.16 Å². The number of oxime groups is 1. The van der Waals surface area contributed by atoms with Crippen LogP contribution in [0.3, 0.4) is 0 Å². The lowest BCUT2D eigenvalue weighted by atomic mass is 10.1. The molecule has 144 valence electrons. The van der Waals surface area contributed by atoms with Crippen molar-refractivity contribution in [3.63, 3.8) is 0 Å². The molecule has 28 heavy (non-hydrogen) atoms. The Labute approximate surface area is 161 Å². The van der Waals surface area contributed by atoms with Gasteiger partial charge in [-0.05, 0) is 29.8 Å². The zero-order chi connectivity index (χ0) is 19.6. The van der Waals surface area contributed by atoms with Crippen LogP contribution in [-0.4, -0.2) is 32.8 Å². The second-order valence-electron chi connectivity index (χ2n) is 6.11. The fourth-order valence-corrected chi connectivity index (χ4v) is 3.28. The zero-order valence-corrected chi connectivity index (χ0v) is 15.7. The van der Waals surface area contributed by atoms with E-state index in [2.05, 4.69) is 10.3 Å². The highest BCUT2D eigenvalue weighted by Crippen LogP contribution is 2.32. The van der Waals surface area contributed by atoms with Gasteiger partial charge in [-0.15, -0.1) is 0 Å². The maximum Gasteiger partial charge on any atom is 0.231 e. The lowest BCUT2D eigenvalue weighted by Gasteiger charge is -2.02. The Bertz CT molecular complexity index is 1120. The highest BCUT2D eigenvalue weighted by Gasteiger charge is 2.14. The van der Waals surface area contributed by atoms with E-state index in [4.69, 9.17) is 18.8 Å².